The molecule has 0 fully saturated rings. The Balaban J connectivity index is 2.99. The molecule has 0 saturated heterocycles. The van der Waals surface area contributed by atoms with Crippen molar-refractivity contribution in [1.82, 2.24) is 0 Å². The fourth-order valence-corrected chi connectivity index (χ4v) is 1.65. The average molecular weight is 224 g/mol. The molecule has 0 amide bonds. The van der Waals surface area contributed by atoms with E-state index in [1.54, 1.807) is 6.07 Å². The van der Waals surface area contributed by atoms with Gasteiger partial charge in [-0.3, -0.25) is 4.79 Å². The third-order valence-corrected chi connectivity index (χ3v) is 2.63. The molecule has 0 saturated carbocycles. The minimum absolute atomic E-state index is 0.0646. The molecule has 0 aliphatic carbocycles. The predicted octanol–water partition coefficient (Wildman–Crippen LogP) is 2.82. The zero-order valence-corrected chi connectivity index (χ0v) is 9.96. The first kappa shape index (κ1) is 12.3. The van der Waals surface area contributed by atoms with Gasteiger partial charge in [0, 0.05) is 6.61 Å². The number of hydrogen-bond donors (Lipinski definition) is 1. The van der Waals surface area contributed by atoms with E-state index in [4.69, 9.17) is 4.74 Å². The standard InChI is InChI=1S/C12H16O2S/c1-3-8-14-9(2)10-6-4-5-7-11(13)12(10)15/h4-7,9H,3,8H2,1-2H3,(H,13,15). The summed E-state index contributed by atoms with van der Waals surface area (Å²) in [5, 5.41) is 0. The Hall–Kier alpha value is -0.800. The van der Waals surface area contributed by atoms with Crippen LogP contribution in [0.25, 0.3) is 0 Å². The second-order valence-electron chi connectivity index (χ2n) is 3.40. The molecule has 0 radical (unpaired) electrons. The monoisotopic (exact) mass is 224 g/mol. The van der Waals surface area contributed by atoms with E-state index >= 15 is 0 Å². The summed E-state index contributed by atoms with van der Waals surface area (Å²) in [6.45, 7) is 4.68. The summed E-state index contributed by atoms with van der Waals surface area (Å²) in [5.41, 5.74) is 0.784. The SMILES string of the molecule is CCCOC(C)c1ccccc(=O)c1S. The highest BCUT2D eigenvalue weighted by molar-refractivity contribution is 7.80. The molecule has 1 aromatic rings. The predicted molar refractivity (Wildman–Crippen MR) is 64.6 cm³/mol. The second kappa shape index (κ2) is 5.93. The minimum atomic E-state index is -0.0856. The molecule has 0 aliphatic heterocycles. The maximum Gasteiger partial charge on any atom is 0.192 e. The van der Waals surface area contributed by atoms with Gasteiger partial charge in [-0.2, -0.15) is 0 Å². The van der Waals surface area contributed by atoms with Gasteiger partial charge in [-0.05, 0) is 25.0 Å². The number of ether oxygens (including phenoxy) is 1. The van der Waals surface area contributed by atoms with E-state index in [0.717, 1.165) is 12.0 Å². The molecule has 0 aliphatic rings. The zero-order chi connectivity index (χ0) is 11.3. The van der Waals surface area contributed by atoms with Crippen LogP contribution in [-0.4, -0.2) is 6.61 Å². The molecule has 1 unspecified atom stereocenters. The maximum absolute atomic E-state index is 11.5. The third-order valence-electron chi connectivity index (χ3n) is 2.15. The first-order valence-electron chi connectivity index (χ1n) is 5.10. The fraction of sp³-hybridized carbons (Fsp3) is 0.417. The molecule has 1 aromatic carbocycles. The molecule has 2 nitrogen and oxygen atoms in total. The van der Waals surface area contributed by atoms with Gasteiger partial charge in [-0.1, -0.05) is 25.1 Å². The normalized spacial score (nSPS) is 12.5. The molecule has 1 atom stereocenters. The average Bonchev–Trinajstić information content (AvgIpc) is 2.39. The Morgan fingerprint density at radius 1 is 1.40 bits per heavy atom. The van der Waals surface area contributed by atoms with Crippen LogP contribution < -0.4 is 5.43 Å². The van der Waals surface area contributed by atoms with Gasteiger partial charge in [-0.15, -0.1) is 12.6 Å². The van der Waals surface area contributed by atoms with Crippen LogP contribution in [0.4, 0.5) is 0 Å². The van der Waals surface area contributed by atoms with Crippen molar-refractivity contribution in [2.45, 2.75) is 31.3 Å². The second-order valence-corrected chi connectivity index (χ2v) is 3.85. The highest BCUT2D eigenvalue weighted by Gasteiger charge is 2.09. The summed E-state index contributed by atoms with van der Waals surface area (Å²) in [6.07, 6.45) is 0.882. The smallest absolute Gasteiger partial charge is 0.192 e. The van der Waals surface area contributed by atoms with Gasteiger partial charge in [0.25, 0.3) is 0 Å². The lowest BCUT2D eigenvalue weighted by molar-refractivity contribution is 0.0646. The first-order chi connectivity index (χ1) is 7.16. The summed E-state index contributed by atoms with van der Waals surface area (Å²) in [5.74, 6) is 0. The van der Waals surface area contributed by atoms with E-state index < -0.39 is 0 Å². The quantitative estimate of drug-likeness (QED) is 0.796. The van der Waals surface area contributed by atoms with Crippen molar-refractivity contribution < 1.29 is 4.74 Å². The zero-order valence-electron chi connectivity index (χ0n) is 9.06. The van der Waals surface area contributed by atoms with Crippen molar-refractivity contribution in [1.29, 1.82) is 0 Å². The van der Waals surface area contributed by atoms with Crippen molar-refractivity contribution in [2.75, 3.05) is 6.61 Å². The van der Waals surface area contributed by atoms with Crippen LogP contribution >= 0.6 is 12.6 Å². The van der Waals surface area contributed by atoms with Crippen LogP contribution in [0.5, 0.6) is 0 Å². The molecule has 0 spiro atoms. The Labute approximate surface area is 95.7 Å². The summed E-state index contributed by atoms with van der Waals surface area (Å²) in [6, 6.07) is 6.95. The van der Waals surface area contributed by atoms with Gasteiger partial charge >= 0.3 is 0 Å². The summed E-state index contributed by atoms with van der Waals surface area (Å²) in [7, 11) is 0. The third kappa shape index (κ3) is 3.36. The van der Waals surface area contributed by atoms with Gasteiger partial charge in [0.2, 0.25) is 0 Å². The molecule has 1 rings (SSSR count). The van der Waals surface area contributed by atoms with E-state index in [0.29, 0.717) is 11.5 Å². The van der Waals surface area contributed by atoms with Gasteiger partial charge < -0.3 is 4.74 Å². The topological polar surface area (TPSA) is 26.3 Å². The van der Waals surface area contributed by atoms with Crippen LogP contribution in [0.2, 0.25) is 0 Å². The van der Waals surface area contributed by atoms with Gasteiger partial charge in [0.1, 0.15) is 0 Å². The molecule has 3 heteroatoms. The van der Waals surface area contributed by atoms with Crippen LogP contribution in [-0.2, 0) is 4.74 Å². The lowest BCUT2D eigenvalue weighted by Gasteiger charge is -2.12. The van der Waals surface area contributed by atoms with E-state index in [9.17, 15) is 4.79 Å². The van der Waals surface area contributed by atoms with E-state index in [1.165, 1.54) is 6.07 Å². The van der Waals surface area contributed by atoms with E-state index in [2.05, 4.69) is 19.6 Å². The summed E-state index contributed by atoms with van der Waals surface area (Å²) < 4.78 is 5.57. The van der Waals surface area contributed by atoms with E-state index in [-0.39, 0.29) is 11.5 Å². The molecule has 0 bridgehead atoms. The van der Waals surface area contributed by atoms with Crippen LogP contribution in [0.3, 0.4) is 0 Å². The molecular weight excluding hydrogens is 208 g/mol. The van der Waals surface area contributed by atoms with Crippen molar-refractivity contribution in [3.05, 3.63) is 40.1 Å². The summed E-state index contributed by atoms with van der Waals surface area (Å²) >= 11 is 4.23. The molecule has 0 aromatic heterocycles. The maximum atomic E-state index is 11.5. The molecule has 15 heavy (non-hydrogen) atoms. The van der Waals surface area contributed by atoms with Crippen molar-refractivity contribution in [3.8, 4) is 0 Å². The van der Waals surface area contributed by atoms with Gasteiger partial charge in [0.15, 0.2) is 5.43 Å². The van der Waals surface area contributed by atoms with Gasteiger partial charge in [-0.25, -0.2) is 0 Å². The Morgan fingerprint density at radius 3 is 2.73 bits per heavy atom. The number of thiol groups is 1. The lowest BCUT2D eigenvalue weighted by atomic mass is 10.2. The van der Waals surface area contributed by atoms with Crippen LogP contribution in [0.15, 0.2) is 34.0 Å². The fourth-order valence-electron chi connectivity index (χ4n) is 1.31. The van der Waals surface area contributed by atoms with Crippen molar-refractivity contribution >= 4 is 12.6 Å². The van der Waals surface area contributed by atoms with Crippen molar-refractivity contribution in [3.63, 3.8) is 0 Å². The molecule has 82 valence electrons. The van der Waals surface area contributed by atoms with Gasteiger partial charge in [0.05, 0.1) is 11.0 Å². The molecule has 0 N–H and O–H groups in total. The Kier molecular flexibility index (Phi) is 4.85. The van der Waals surface area contributed by atoms with Crippen molar-refractivity contribution in [2.24, 2.45) is 0 Å². The molecule has 0 heterocycles. The highest BCUT2D eigenvalue weighted by Crippen LogP contribution is 2.20. The summed E-state index contributed by atoms with van der Waals surface area (Å²) in [4.78, 5) is 12.0. The van der Waals surface area contributed by atoms with Crippen LogP contribution in [0.1, 0.15) is 31.9 Å². The Morgan fingerprint density at radius 2 is 2.07 bits per heavy atom. The number of rotatable bonds is 4. The lowest BCUT2D eigenvalue weighted by Crippen LogP contribution is -2.06. The van der Waals surface area contributed by atoms with Crippen LogP contribution in [0, 0.1) is 0 Å². The molecular formula is C12H16O2S. The highest BCUT2D eigenvalue weighted by atomic mass is 32.1. The largest absolute Gasteiger partial charge is 0.374 e. The van der Waals surface area contributed by atoms with E-state index in [1.807, 2.05) is 19.1 Å². The number of hydrogen-bond acceptors (Lipinski definition) is 3. The minimum Gasteiger partial charge on any atom is -0.374 e. The Bertz CT molecular complexity index is 376. The first-order valence-corrected chi connectivity index (χ1v) is 5.55.